The molecule has 0 aliphatic carbocycles. The molecule has 3 heterocycles. The van der Waals surface area contributed by atoms with Gasteiger partial charge >= 0.3 is 0 Å². The highest BCUT2D eigenvalue weighted by Gasteiger charge is 2.22. The predicted octanol–water partition coefficient (Wildman–Crippen LogP) is 11.2. The van der Waals surface area contributed by atoms with Crippen molar-refractivity contribution in [3.8, 4) is 51.2 Å². The van der Waals surface area contributed by atoms with E-state index in [4.69, 9.17) is 15.0 Å². The number of hydrogen-bond acceptors (Lipinski definition) is 6. The van der Waals surface area contributed by atoms with Gasteiger partial charge in [0.1, 0.15) is 17.5 Å². The summed E-state index contributed by atoms with van der Waals surface area (Å²) in [5, 5.41) is 0. The number of benzene rings is 7. The zero-order valence-corrected chi connectivity index (χ0v) is 37.8. The Hall–Kier alpha value is -7.17. The van der Waals surface area contributed by atoms with E-state index in [-0.39, 0.29) is 0 Å². The van der Waals surface area contributed by atoms with Crippen molar-refractivity contribution in [2.75, 3.05) is 63.4 Å². The van der Waals surface area contributed by atoms with Crippen molar-refractivity contribution in [2.45, 2.75) is 0 Å². The molecule has 0 saturated heterocycles. The Balaban J connectivity index is 0.000000444. The van der Waals surface area contributed by atoms with Crippen LogP contribution in [-0.4, -0.2) is 107 Å². The fourth-order valence-electron chi connectivity index (χ4n) is 7.19. The molecule has 10 aromatic rings. The molecule has 3 aromatic heterocycles. The SMILES string of the molecule is CN(C)C.CN(C)C.CN(C)C.c1ccc(-n2c(-c3cc(-c4nc5ccccc5n4-c4ccccc4)cc(-c4nc5ccccc5n4-c4ccccc4)c3)nc3ccccc32)cc1. The Morgan fingerprint density at radius 3 is 0.730 bits per heavy atom. The highest BCUT2D eigenvalue weighted by Crippen LogP contribution is 2.38. The molecule has 0 atom stereocenters. The quantitative estimate of drug-likeness (QED) is 0.166. The van der Waals surface area contributed by atoms with Crippen LogP contribution in [0.5, 0.6) is 0 Å². The fraction of sp³-hybridized carbons (Fsp3) is 0.167. The van der Waals surface area contributed by atoms with E-state index in [1.54, 1.807) is 0 Å². The lowest BCUT2D eigenvalue weighted by Crippen LogP contribution is -2.02. The highest BCUT2D eigenvalue weighted by molar-refractivity contribution is 5.90. The number of rotatable bonds is 6. The molecule has 0 N–H and O–H groups in total. The van der Waals surface area contributed by atoms with Crippen LogP contribution in [0, 0.1) is 0 Å². The minimum atomic E-state index is 0.843. The minimum absolute atomic E-state index is 0.843. The van der Waals surface area contributed by atoms with Crippen LogP contribution in [-0.2, 0) is 0 Å². The van der Waals surface area contributed by atoms with Gasteiger partial charge in [0.15, 0.2) is 0 Å². The van der Waals surface area contributed by atoms with E-state index in [0.29, 0.717) is 0 Å². The van der Waals surface area contributed by atoms with Crippen LogP contribution in [0.1, 0.15) is 0 Å². The molecule has 318 valence electrons. The van der Waals surface area contributed by atoms with Crippen molar-refractivity contribution in [2.24, 2.45) is 0 Å². The first-order chi connectivity index (χ1) is 30.5. The average molecular weight is 832 g/mol. The second-order valence-electron chi connectivity index (χ2n) is 16.6. The van der Waals surface area contributed by atoms with E-state index >= 15 is 0 Å². The molecule has 9 heteroatoms. The molecule has 10 rings (SSSR count). The molecule has 9 nitrogen and oxygen atoms in total. The van der Waals surface area contributed by atoms with Gasteiger partial charge in [-0.15, -0.1) is 0 Å². The van der Waals surface area contributed by atoms with Crippen LogP contribution < -0.4 is 0 Å². The zero-order chi connectivity index (χ0) is 44.5. The van der Waals surface area contributed by atoms with Gasteiger partial charge in [0, 0.05) is 33.8 Å². The maximum atomic E-state index is 5.28. The van der Waals surface area contributed by atoms with Gasteiger partial charge < -0.3 is 14.7 Å². The Bertz CT molecular complexity index is 2670. The summed E-state index contributed by atoms with van der Waals surface area (Å²) in [7, 11) is 18.0. The van der Waals surface area contributed by atoms with Crippen LogP contribution in [0.3, 0.4) is 0 Å². The molecule has 63 heavy (non-hydrogen) atoms. The van der Waals surface area contributed by atoms with Gasteiger partial charge in [-0.2, -0.15) is 0 Å². The molecule has 0 aliphatic heterocycles. The second-order valence-corrected chi connectivity index (χ2v) is 16.6. The second kappa shape index (κ2) is 20.1. The number of para-hydroxylation sites is 9. The predicted molar refractivity (Wildman–Crippen MR) is 265 cm³/mol. The van der Waals surface area contributed by atoms with Gasteiger partial charge in [0.05, 0.1) is 33.1 Å². The van der Waals surface area contributed by atoms with Crippen LogP contribution in [0.25, 0.3) is 84.3 Å². The van der Waals surface area contributed by atoms with E-state index < -0.39 is 0 Å². The first kappa shape index (κ1) is 43.9. The normalized spacial score (nSPS) is 11.0. The summed E-state index contributed by atoms with van der Waals surface area (Å²) < 4.78 is 6.75. The van der Waals surface area contributed by atoms with Gasteiger partial charge in [-0.3, -0.25) is 13.7 Å². The summed E-state index contributed by atoms with van der Waals surface area (Å²) in [6, 6.07) is 63.0. The van der Waals surface area contributed by atoms with Crippen LogP contribution in [0.2, 0.25) is 0 Å². The molecular formula is C54H57N9. The number of fused-ring (bicyclic) bond motifs is 3. The summed E-state index contributed by atoms with van der Waals surface area (Å²) in [6.07, 6.45) is 0. The van der Waals surface area contributed by atoms with Crippen molar-refractivity contribution in [1.29, 1.82) is 0 Å². The van der Waals surface area contributed by atoms with Crippen molar-refractivity contribution in [3.05, 3.63) is 182 Å². The summed E-state index contributed by atoms with van der Waals surface area (Å²) in [5.74, 6) is 2.53. The van der Waals surface area contributed by atoms with Gasteiger partial charge in [-0.05, 0) is 154 Å². The Kier molecular flexibility index (Phi) is 14.0. The standard InChI is InChI=1S/C45H30N6.3C3H9N/c1-4-16-34(17-5-1)49-40-25-13-10-22-37(40)46-43(49)31-28-32(44-47-38-23-11-14-26-41(38)50(44)35-18-6-2-7-19-35)30-33(29-31)45-48-39-24-12-15-27-42(39)51(45)36-20-8-3-9-21-36;3*1-4(2)3/h1-30H;3*1-3H3. The lowest BCUT2D eigenvalue weighted by Gasteiger charge is -2.15. The molecule has 0 aliphatic rings. The monoisotopic (exact) mass is 831 g/mol. The lowest BCUT2D eigenvalue weighted by molar-refractivity contribution is 0.505. The molecule has 0 amide bonds. The smallest absolute Gasteiger partial charge is 0.145 e. The molecule has 0 spiro atoms. The lowest BCUT2D eigenvalue weighted by atomic mass is 10.0. The molecule has 0 saturated carbocycles. The molecule has 0 radical (unpaired) electrons. The van der Waals surface area contributed by atoms with E-state index in [0.717, 1.165) is 84.3 Å². The first-order valence-electron chi connectivity index (χ1n) is 21.1. The average Bonchev–Trinajstić information content (AvgIpc) is 3.99. The van der Waals surface area contributed by atoms with Crippen molar-refractivity contribution >= 4 is 33.1 Å². The van der Waals surface area contributed by atoms with Crippen LogP contribution in [0.4, 0.5) is 0 Å². The zero-order valence-electron chi connectivity index (χ0n) is 37.8. The maximum absolute atomic E-state index is 5.28. The van der Waals surface area contributed by atoms with Gasteiger partial charge in [0.2, 0.25) is 0 Å². The van der Waals surface area contributed by atoms with Crippen molar-refractivity contribution in [3.63, 3.8) is 0 Å². The Morgan fingerprint density at radius 1 is 0.286 bits per heavy atom. The number of aromatic nitrogens is 6. The third-order valence-corrected chi connectivity index (χ3v) is 9.43. The van der Waals surface area contributed by atoms with E-state index in [9.17, 15) is 0 Å². The molecule has 0 bridgehead atoms. The minimum Gasteiger partial charge on any atom is -0.312 e. The maximum Gasteiger partial charge on any atom is 0.145 e. The van der Waals surface area contributed by atoms with Gasteiger partial charge in [0.25, 0.3) is 0 Å². The van der Waals surface area contributed by atoms with Gasteiger partial charge in [-0.1, -0.05) is 91.0 Å². The molecule has 0 unspecified atom stereocenters. The van der Waals surface area contributed by atoms with E-state index in [1.165, 1.54) is 0 Å². The summed E-state index contributed by atoms with van der Waals surface area (Å²) in [6.45, 7) is 0. The summed E-state index contributed by atoms with van der Waals surface area (Å²) in [4.78, 5) is 21.9. The number of nitrogens with zero attached hydrogens (tertiary/aromatic N) is 9. The van der Waals surface area contributed by atoms with Crippen molar-refractivity contribution < 1.29 is 0 Å². The Labute approximate surface area is 371 Å². The third-order valence-electron chi connectivity index (χ3n) is 9.43. The molecular weight excluding hydrogens is 775 g/mol. The summed E-state index contributed by atoms with van der Waals surface area (Å²) >= 11 is 0. The van der Waals surface area contributed by atoms with Crippen molar-refractivity contribution in [1.82, 2.24) is 43.4 Å². The van der Waals surface area contributed by atoms with Crippen LogP contribution in [0.15, 0.2) is 182 Å². The van der Waals surface area contributed by atoms with Crippen LogP contribution >= 0.6 is 0 Å². The first-order valence-corrected chi connectivity index (χ1v) is 21.1. The largest absolute Gasteiger partial charge is 0.312 e. The number of hydrogen-bond donors (Lipinski definition) is 0. The summed E-state index contributed by atoms with van der Waals surface area (Å²) in [5.41, 5.74) is 11.9. The Morgan fingerprint density at radius 2 is 0.492 bits per heavy atom. The van der Waals surface area contributed by atoms with Gasteiger partial charge in [-0.25, -0.2) is 15.0 Å². The topological polar surface area (TPSA) is 63.2 Å². The fourth-order valence-corrected chi connectivity index (χ4v) is 7.19. The highest BCUT2D eigenvalue weighted by atomic mass is 15.1. The molecule has 7 aromatic carbocycles. The van der Waals surface area contributed by atoms with E-state index in [1.807, 2.05) is 115 Å². The molecule has 0 fully saturated rings. The third kappa shape index (κ3) is 10.3. The van der Waals surface area contributed by atoms with E-state index in [2.05, 4.69) is 159 Å². The number of imidazole rings is 3.